The third kappa shape index (κ3) is 7.69. The molecule has 0 saturated heterocycles. The van der Waals surface area contributed by atoms with Crippen molar-refractivity contribution in [3.8, 4) is 0 Å². The Bertz CT molecular complexity index is 1700. The first-order valence-electron chi connectivity index (χ1n) is 15.4. The molecule has 1 heterocycles. The summed E-state index contributed by atoms with van der Waals surface area (Å²) in [5.74, 6) is -1.19. The predicted molar refractivity (Wildman–Crippen MR) is 182 cm³/mol. The summed E-state index contributed by atoms with van der Waals surface area (Å²) >= 11 is 12.4. The average Bonchev–Trinajstić information content (AvgIpc) is 3.07. The summed E-state index contributed by atoms with van der Waals surface area (Å²) in [5, 5.41) is 3.82. The van der Waals surface area contributed by atoms with E-state index in [1.165, 1.54) is 11.1 Å². The molecule has 4 aromatic carbocycles. The van der Waals surface area contributed by atoms with Gasteiger partial charge in [-0.05, 0) is 66.8 Å². The van der Waals surface area contributed by atoms with Gasteiger partial charge in [0.15, 0.2) is 0 Å². The highest BCUT2D eigenvalue weighted by atomic mass is 35.5. The van der Waals surface area contributed by atoms with Gasteiger partial charge in [0.05, 0.1) is 28.8 Å². The number of ether oxygens (including phenoxy) is 1. The maximum atomic E-state index is 13.5. The van der Waals surface area contributed by atoms with Gasteiger partial charge in [-0.2, -0.15) is 0 Å². The molecule has 0 bridgehead atoms. The van der Waals surface area contributed by atoms with Gasteiger partial charge >= 0.3 is 5.97 Å². The van der Waals surface area contributed by atoms with Crippen molar-refractivity contribution in [1.82, 2.24) is 10.2 Å². The van der Waals surface area contributed by atoms with Crippen molar-refractivity contribution in [1.29, 1.82) is 0 Å². The molecule has 46 heavy (non-hydrogen) atoms. The van der Waals surface area contributed by atoms with Crippen LogP contribution in [0.2, 0.25) is 10.0 Å². The van der Waals surface area contributed by atoms with Gasteiger partial charge in [0.1, 0.15) is 0 Å². The maximum Gasteiger partial charge on any atom is 0.336 e. The Morgan fingerprint density at radius 3 is 2.20 bits per heavy atom. The van der Waals surface area contributed by atoms with Gasteiger partial charge in [-0.15, -0.1) is 0 Å². The highest BCUT2D eigenvalue weighted by molar-refractivity contribution is 6.42. The third-order valence-electron chi connectivity index (χ3n) is 8.32. The maximum absolute atomic E-state index is 13.5. The van der Waals surface area contributed by atoms with Crippen molar-refractivity contribution in [2.45, 2.75) is 45.1 Å². The van der Waals surface area contributed by atoms with Crippen LogP contribution in [-0.2, 0) is 20.9 Å². The number of rotatable bonds is 11. The quantitative estimate of drug-likeness (QED) is 0.165. The Balaban J connectivity index is 1.32. The second-order valence-corrected chi connectivity index (χ2v) is 12.1. The standard InChI is InChI=1S/C38H36Cl2N2O4/c1-3-46-38(45)36-25(2)42(35(43)23-32(36)29-17-18-33(39)34(40)22-29)24-26-11-10-16-30(21-26)37(44)41-20-19-31(27-12-6-4-7-13-27)28-14-8-5-9-15-28/h4-18,21-22,31-32H,3,19-20,23-24H2,1-2H3,(H,41,44)/t32-/m0/s1. The fourth-order valence-electron chi connectivity index (χ4n) is 6.01. The number of hydrogen-bond acceptors (Lipinski definition) is 4. The van der Waals surface area contributed by atoms with E-state index in [1.54, 1.807) is 55.1 Å². The largest absolute Gasteiger partial charge is 0.463 e. The minimum absolute atomic E-state index is 0.0631. The first-order valence-corrected chi connectivity index (χ1v) is 16.1. The van der Waals surface area contributed by atoms with Gasteiger partial charge in [0, 0.05) is 36.1 Å². The molecule has 5 rings (SSSR count). The second-order valence-electron chi connectivity index (χ2n) is 11.2. The number of nitrogens with zero attached hydrogens (tertiary/aromatic N) is 1. The smallest absolute Gasteiger partial charge is 0.336 e. The number of nitrogens with one attached hydrogen (secondary N) is 1. The molecule has 0 aromatic heterocycles. The fraction of sp³-hybridized carbons (Fsp3) is 0.237. The Morgan fingerprint density at radius 1 is 0.891 bits per heavy atom. The average molecular weight is 656 g/mol. The molecule has 1 N–H and O–H groups in total. The number of esters is 1. The molecule has 0 aliphatic carbocycles. The lowest BCUT2D eigenvalue weighted by Gasteiger charge is -2.34. The van der Waals surface area contributed by atoms with Gasteiger partial charge in [0.2, 0.25) is 5.91 Å². The van der Waals surface area contributed by atoms with E-state index in [4.69, 9.17) is 27.9 Å². The number of benzene rings is 4. The van der Waals surface area contributed by atoms with Crippen molar-refractivity contribution in [3.63, 3.8) is 0 Å². The number of carbonyl (C=O) groups excluding carboxylic acids is 3. The lowest BCUT2D eigenvalue weighted by Crippen LogP contribution is -2.38. The van der Waals surface area contributed by atoms with Gasteiger partial charge in [-0.1, -0.05) is 102 Å². The number of hydrogen-bond donors (Lipinski definition) is 1. The lowest BCUT2D eigenvalue weighted by atomic mass is 9.83. The molecule has 0 spiro atoms. The Morgan fingerprint density at radius 2 is 1.57 bits per heavy atom. The van der Waals surface area contributed by atoms with Gasteiger partial charge in [-0.3, -0.25) is 9.59 Å². The summed E-state index contributed by atoms with van der Waals surface area (Å²) in [6.45, 7) is 4.39. The summed E-state index contributed by atoms with van der Waals surface area (Å²) in [6.07, 6.45) is 0.802. The van der Waals surface area contributed by atoms with Crippen LogP contribution in [0.4, 0.5) is 0 Å². The molecule has 8 heteroatoms. The van der Waals surface area contributed by atoms with E-state index >= 15 is 0 Å². The molecule has 2 amide bonds. The molecule has 1 aliphatic heterocycles. The zero-order valence-electron chi connectivity index (χ0n) is 25.8. The van der Waals surface area contributed by atoms with E-state index in [9.17, 15) is 14.4 Å². The summed E-state index contributed by atoms with van der Waals surface area (Å²) in [7, 11) is 0. The molecule has 0 radical (unpaired) electrons. The Labute approximate surface area is 280 Å². The third-order valence-corrected chi connectivity index (χ3v) is 9.06. The summed E-state index contributed by atoms with van der Waals surface area (Å²) in [6, 6.07) is 32.9. The second kappa shape index (κ2) is 15.3. The van der Waals surface area contributed by atoms with Crippen LogP contribution < -0.4 is 5.32 Å². The highest BCUT2D eigenvalue weighted by Crippen LogP contribution is 2.39. The van der Waals surface area contributed by atoms with Crippen molar-refractivity contribution in [2.24, 2.45) is 0 Å². The molecular weight excluding hydrogens is 619 g/mol. The van der Waals surface area contributed by atoms with E-state index in [0.29, 0.717) is 39.0 Å². The number of allylic oxidation sites excluding steroid dienone is 1. The van der Waals surface area contributed by atoms with Crippen LogP contribution in [-0.4, -0.2) is 35.8 Å². The number of carbonyl (C=O) groups is 3. The summed E-state index contributed by atoms with van der Waals surface area (Å²) < 4.78 is 5.41. The van der Waals surface area contributed by atoms with Crippen molar-refractivity contribution in [2.75, 3.05) is 13.2 Å². The molecule has 0 saturated carbocycles. The van der Waals surface area contributed by atoms with Crippen LogP contribution in [0, 0.1) is 0 Å². The van der Waals surface area contributed by atoms with Crippen LogP contribution in [0.3, 0.4) is 0 Å². The van der Waals surface area contributed by atoms with E-state index in [1.807, 2.05) is 42.5 Å². The first-order chi connectivity index (χ1) is 22.3. The van der Waals surface area contributed by atoms with Gasteiger partial charge < -0.3 is 15.0 Å². The predicted octanol–water partition coefficient (Wildman–Crippen LogP) is 8.30. The molecule has 0 fully saturated rings. The van der Waals surface area contributed by atoms with E-state index in [-0.39, 0.29) is 37.3 Å². The molecule has 236 valence electrons. The minimum Gasteiger partial charge on any atom is -0.463 e. The Kier molecular flexibility index (Phi) is 10.9. The van der Waals surface area contributed by atoms with Crippen LogP contribution in [0.15, 0.2) is 114 Å². The number of halogens is 2. The monoisotopic (exact) mass is 654 g/mol. The molecule has 1 aliphatic rings. The van der Waals surface area contributed by atoms with Crippen molar-refractivity contribution >= 4 is 41.0 Å². The van der Waals surface area contributed by atoms with Gasteiger partial charge in [0.25, 0.3) is 5.91 Å². The van der Waals surface area contributed by atoms with E-state index < -0.39 is 11.9 Å². The normalized spacial score (nSPS) is 14.8. The van der Waals surface area contributed by atoms with E-state index in [2.05, 4.69) is 29.6 Å². The zero-order chi connectivity index (χ0) is 32.6. The molecule has 4 aromatic rings. The van der Waals surface area contributed by atoms with Crippen LogP contribution >= 0.6 is 23.2 Å². The van der Waals surface area contributed by atoms with Crippen molar-refractivity contribution < 1.29 is 19.1 Å². The van der Waals surface area contributed by atoms with Crippen LogP contribution in [0.25, 0.3) is 0 Å². The highest BCUT2D eigenvalue weighted by Gasteiger charge is 2.37. The van der Waals surface area contributed by atoms with Crippen LogP contribution in [0.1, 0.15) is 71.1 Å². The number of amides is 2. The first kappa shape index (κ1) is 33.0. The molecular formula is C38H36Cl2N2O4. The molecule has 1 atom stereocenters. The molecule has 0 unspecified atom stereocenters. The van der Waals surface area contributed by atoms with E-state index in [0.717, 1.165) is 12.0 Å². The topological polar surface area (TPSA) is 75.7 Å². The summed E-state index contributed by atoms with van der Waals surface area (Å²) in [5.41, 5.74) is 5.28. The fourth-order valence-corrected chi connectivity index (χ4v) is 6.32. The SMILES string of the molecule is CCOC(=O)C1=C(C)N(Cc2cccc(C(=O)NCCC(c3ccccc3)c3ccccc3)c2)C(=O)C[C@H]1c1ccc(Cl)c(Cl)c1. The van der Waals surface area contributed by atoms with Crippen LogP contribution in [0.5, 0.6) is 0 Å². The zero-order valence-corrected chi connectivity index (χ0v) is 27.4. The molecule has 6 nitrogen and oxygen atoms in total. The Hall–Kier alpha value is -4.39. The summed E-state index contributed by atoms with van der Waals surface area (Å²) in [4.78, 5) is 41.6. The minimum atomic E-state index is -0.523. The van der Waals surface area contributed by atoms with Crippen molar-refractivity contribution in [3.05, 3.63) is 152 Å². The lowest BCUT2D eigenvalue weighted by molar-refractivity contribution is -0.140. The van der Waals surface area contributed by atoms with Gasteiger partial charge in [-0.25, -0.2) is 4.79 Å².